The number of carboxylic acids is 1. The van der Waals surface area contributed by atoms with Gasteiger partial charge >= 0.3 is 5.97 Å². The maximum Gasteiger partial charge on any atom is 0.356 e. The van der Waals surface area contributed by atoms with E-state index in [2.05, 4.69) is 15.1 Å². The second-order valence-corrected chi connectivity index (χ2v) is 5.78. The highest BCUT2D eigenvalue weighted by molar-refractivity contribution is 5.85. The number of carboxylic acid groups (broad SMARTS) is 1. The van der Waals surface area contributed by atoms with E-state index in [0.717, 1.165) is 18.9 Å². The molecule has 2 aliphatic rings. The Morgan fingerprint density at radius 2 is 1.79 bits per heavy atom. The molecule has 102 valence electrons. The van der Waals surface area contributed by atoms with Crippen molar-refractivity contribution in [2.24, 2.45) is 5.41 Å². The monoisotopic (exact) mass is 261 g/mol. The lowest BCUT2D eigenvalue weighted by atomic mass is 9.77. The third-order valence-corrected chi connectivity index (χ3v) is 4.68. The fraction of sp³-hybridized carbons (Fsp3) is 0.643. The first-order valence-electron chi connectivity index (χ1n) is 7.01. The van der Waals surface area contributed by atoms with Crippen molar-refractivity contribution in [2.45, 2.75) is 38.5 Å². The number of aromatic carboxylic acids is 1. The van der Waals surface area contributed by atoms with Crippen LogP contribution < -0.4 is 4.90 Å². The van der Waals surface area contributed by atoms with Gasteiger partial charge < -0.3 is 10.0 Å². The lowest BCUT2D eigenvalue weighted by Crippen LogP contribution is -2.39. The molecule has 19 heavy (non-hydrogen) atoms. The van der Waals surface area contributed by atoms with Gasteiger partial charge in [-0.3, -0.25) is 0 Å². The molecule has 0 radical (unpaired) electrons. The fourth-order valence-corrected chi connectivity index (χ4v) is 3.44. The van der Waals surface area contributed by atoms with Gasteiger partial charge in [-0.2, -0.15) is 0 Å². The van der Waals surface area contributed by atoms with Crippen LogP contribution in [0.3, 0.4) is 0 Å². The molecule has 1 saturated carbocycles. The van der Waals surface area contributed by atoms with E-state index < -0.39 is 5.97 Å². The Bertz CT molecular complexity index is 456. The molecule has 3 rings (SSSR count). The summed E-state index contributed by atoms with van der Waals surface area (Å²) >= 11 is 0. The number of carbonyl (C=O) groups is 1. The number of nitrogens with zero attached hydrogens (tertiary/aromatic N) is 3. The highest BCUT2D eigenvalue weighted by Gasteiger charge is 2.37. The van der Waals surface area contributed by atoms with Crippen LogP contribution >= 0.6 is 0 Å². The minimum atomic E-state index is -1.03. The molecule has 1 aliphatic carbocycles. The maximum atomic E-state index is 10.7. The van der Waals surface area contributed by atoms with Crippen LogP contribution in [0, 0.1) is 5.41 Å². The average molecular weight is 261 g/mol. The van der Waals surface area contributed by atoms with Crippen molar-refractivity contribution >= 4 is 11.8 Å². The Hall–Kier alpha value is -1.65. The molecule has 1 aliphatic heterocycles. The molecule has 0 bridgehead atoms. The number of aromatic nitrogens is 2. The Labute approximate surface area is 112 Å². The van der Waals surface area contributed by atoms with Gasteiger partial charge in [0, 0.05) is 13.1 Å². The second kappa shape index (κ2) is 4.79. The summed E-state index contributed by atoms with van der Waals surface area (Å²) in [6.07, 6.45) is 7.99. The smallest absolute Gasteiger partial charge is 0.356 e. The number of hydrogen-bond acceptors (Lipinski definition) is 4. The van der Waals surface area contributed by atoms with Crippen LogP contribution in [-0.4, -0.2) is 34.4 Å². The first-order valence-corrected chi connectivity index (χ1v) is 7.01. The summed E-state index contributed by atoms with van der Waals surface area (Å²) in [6.45, 7) is 2.03. The van der Waals surface area contributed by atoms with Crippen LogP contribution in [0.15, 0.2) is 12.1 Å². The topological polar surface area (TPSA) is 66.3 Å². The molecule has 1 N–H and O–H groups in total. The molecule has 1 aromatic rings. The molecular formula is C14H19N3O2. The molecule has 5 heteroatoms. The summed E-state index contributed by atoms with van der Waals surface area (Å²) in [4.78, 5) is 13.0. The molecule has 2 fully saturated rings. The lowest BCUT2D eigenvalue weighted by Gasteiger charge is -2.39. The van der Waals surface area contributed by atoms with E-state index >= 15 is 0 Å². The van der Waals surface area contributed by atoms with Crippen molar-refractivity contribution in [1.82, 2.24) is 10.2 Å². The maximum absolute atomic E-state index is 10.7. The van der Waals surface area contributed by atoms with E-state index in [1.807, 2.05) is 0 Å². The van der Waals surface area contributed by atoms with Gasteiger partial charge in [-0.15, -0.1) is 10.2 Å². The van der Waals surface area contributed by atoms with E-state index in [4.69, 9.17) is 5.11 Å². The van der Waals surface area contributed by atoms with Crippen LogP contribution in [0.25, 0.3) is 0 Å². The quantitative estimate of drug-likeness (QED) is 0.885. The fourth-order valence-electron chi connectivity index (χ4n) is 3.44. The van der Waals surface area contributed by atoms with Crippen molar-refractivity contribution in [1.29, 1.82) is 0 Å². The van der Waals surface area contributed by atoms with Crippen molar-refractivity contribution in [3.8, 4) is 0 Å². The van der Waals surface area contributed by atoms with Gasteiger partial charge in [0.2, 0.25) is 0 Å². The summed E-state index contributed by atoms with van der Waals surface area (Å²) in [7, 11) is 0. The lowest BCUT2D eigenvalue weighted by molar-refractivity contribution is 0.0689. The molecule has 5 nitrogen and oxygen atoms in total. The van der Waals surface area contributed by atoms with E-state index in [9.17, 15) is 4.79 Å². The number of piperidine rings is 1. The van der Waals surface area contributed by atoms with Crippen molar-refractivity contribution in [2.75, 3.05) is 18.0 Å². The number of anilines is 1. The predicted molar refractivity (Wildman–Crippen MR) is 71.3 cm³/mol. The molecule has 2 heterocycles. The number of hydrogen-bond donors (Lipinski definition) is 1. The number of rotatable bonds is 2. The summed E-state index contributed by atoms with van der Waals surface area (Å²) in [6, 6.07) is 3.30. The van der Waals surface area contributed by atoms with Crippen LogP contribution in [0.2, 0.25) is 0 Å². The zero-order valence-corrected chi connectivity index (χ0v) is 11.0. The van der Waals surface area contributed by atoms with Crippen LogP contribution in [0.4, 0.5) is 5.82 Å². The molecule has 0 amide bonds. The van der Waals surface area contributed by atoms with Crippen molar-refractivity contribution < 1.29 is 9.90 Å². The van der Waals surface area contributed by atoms with Gasteiger partial charge in [0.05, 0.1) is 0 Å². The van der Waals surface area contributed by atoms with E-state index in [-0.39, 0.29) is 5.69 Å². The summed E-state index contributed by atoms with van der Waals surface area (Å²) in [5.74, 6) is -0.222. The first kappa shape index (κ1) is 12.4. The van der Waals surface area contributed by atoms with E-state index in [1.54, 1.807) is 6.07 Å². The largest absolute Gasteiger partial charge is 0.476 e. The average Bonchev–Trinajstić information content (AvgIpc) is 2.88. The SMILES string of the molecule is O=C(O)c1ccc(N2CCC3(CCCC3)CC2)nn1. The summed E-state index contributed by atoms with van der Waals surface area (Å²) < 4.78 is 0. The van der Waals surface area contributed by atoms with Crippen LogP contribution in [-0.2, 0) is 0 Å². The molecule has 0 atom stereocenters. The minimum Gasteiger partial charge on any atom is -0.476 e. The van der Waals surface area contributed by atoms with Crippen molar-refractivity contribution in [3.05, 3.63) is 17.8 Å². The van der Waals surface area contributed by atoms with Gasteiger partial charge in [-0.25, -0.2) is 4.79 Å². The van der Waals surface area contributed by atoms with E-state index in [0.29, 0.717) is 5.41 Å². The van der Waals surface area contributed by atoms with Crippen LogP contribution in [0.5, 0.6) is 0 Å². The Balaban J connectivity index is 1.66. The molecular weight excluding hydrogens is 242 g/mol. The third kappa shape index (κ3) is 2.41. The first-order chi connectivity index (χ1) is 9.19. The van der Waals surface area contributed by atoms with Crippen molar-refractivity contribution in [3.63, 3.8) is 0 Å². The Kier molecular flexibility index (Phi) is 3.12. The summed E-state index contributed by atoms with van der Waals surface area (Å²) in [5, 5.41) is 16.6. The van der Waals surface area contributed by atoms with Gasteiger partial charge in [-0.05, 0) is 43.2 Å². The molecule has 1 spiro atoms. The summed E-state index contributed by atoms with van der Waals surface area (Å²) in [5.41, 5.74) is 0.596. The Morgan fingerprint density at radius 1 is 1.11 bits per heavy atom. The molecule has 1 aromatic heterocycles. The van der Waals surface area contributed by atoms with Gasteiger partial charge in [-0.1, -0.05) is 12.8 Å². The molecule has 0 unspecified atom stereocenters. The van der Waals surface area contributed by atoms with Gasteiger partial charge in [0.1, 0.15) is 0 Å². The highest BCUT2D eigenvalue weighted by Crippen LogP contribution is 2.46. The third-order valence-electron chi connectivity index (χ3n) is 4.68. The molecule has 0 aromatic carbocycles. The van der Waals surface area contributed by atoms with Crippen LogP contribution in [0.1, 0.15) is 49.0 Å². The second-order valence-electron chi connectivity index (χ2n) is 5.78. The van der Waals surface area contributed by atoms with Gasteiger partial charge in [0.15, 0.2) is 11.5 Å². The normalized spacial score (nSPS) is 21.8. The van der Waals surface area contributed by atoms with E-state index in [1.165, 1.54) is 44.6 Å². The highest BCUT2D eigenvalue weighted by atomic mass is 16.4. The Morgan fingerprint density at radius 3 is 2.32 bits per heavy atom. The molecule has 1 saturated heterocycles. The van der Waals surface area contributed by atoms with Gasteiger partial charge in [0.25, 0.3) is 0 Å². The minimum absolute atomic E-state index is 0.00743. The zero-order chi connectivity index (χ0) is 13.3. The zero-order valence-electron chi connectivity index (χ0n) is 11.0. The predicted octanol–water partition coefficient (Wildman–Crippen LogP) is 2.34. The standard InChI is InChI=1S/C14H19N3O2/c18-13(19)11-3-4-12(16-15-11)17-9-7-14(8-10-17)5-1-2-6-14/h3-4H,1-2,5-10H2,(H,18,19).